The molecule has 88 valence electrons. The zero-order chi connectivity index (χ0) is 12.1. The van der Waals surface area contributed by atoms with E-state index in [0.717, 1.165) is 24.0 Å². The first kappa shape index (κ1) is 11.5. The van der Waals surface area contributed by atoms with Crippen LogP contribution in [-0.2, 0) is 0 Å². The Labute approximate surface area is 99.3 Å². The molecule has 3 heteroatoms. The number of fused-ring (bicyclic) bond motifs is 1. The van der Waals surface area contributed by atoms with E-state index < -0.39 is 0 Å². The van der Waals surface area contributed by atoms with Gasteiger partial charge in [0, 0.05) is 11.5 Å². The summed E-state index contributed by atoms with van der Waals surface area (Å²) in [6.45, 7) is 4.32. The Morgan fingerprint density at radius 3 is 3.00 bits per heavy atom. The fourth-order valence-electron chi connectivity index (χ4n) is 1.56. The molecule has 0 amide bonds. The summed E-state index contributed by atoms with van der Waals surface area (Å²) in [5.74, 6) is 0.787. The molecule has 2 aromatic rings. The number of hydrogen-bond donors (Lipinski definition) is 0. The number of benzene rings is 1. The number of rotatable bonds is 5. The van der Waals surface area contributed by atoms with Crippen LogP contribution in [0.1, 0.15) is 12.8 Å². The first-order chi connectivity index (χ1) is 8.29. The maximum Gasteiger partial charge on any atom is 0.336 e. The second-order valence-corrected chi connectivity index (χ2v) is 3.73. The van der Waals surface area contributed by atoms with Crippen LogP contribution in [0, 0.1) is 0 Å². The summed E-state index contributed by atoms with van der Waals surface area (Å²) in [6.07, 6.45) is 3.77. The van der Waals surface area contributed by atoms with Gasteiger partial charge < -0.3 is 9.15 Å². The van der Waals surface area contributed by atoms with Gasteiger partial charge in [0.25, 0.3) is 0 Å². The lowest BCUT2D eigenvalue weighted by Crippen LogP contribution is -1.97. The molecule has 0 aliphatic carbocycles. The van der Waals surface area contributed by atoms with Crippen molar-refractivity contribution >= 4 is 11.0 Å². The zero-order valence-corrected chi connectivity index (χ0v) is 9.52. The third kappa shape index (κ3) is 2.97. The lowest BCUT2D eigenvalue weighted by atomic mass is 10.2. The average molecular weight is 230 g/mol. The fourth-order valence-corrected chi connectivity index (χ4v) is 1.56. The van der Waals surface area contributed by atoms with E-state index in [9.17, 15) is 4.79 Å². The third-order valence-corrected chi connectivity index (χ3v) is 2.41. The van der Waals surface area contributed by atoms with E-state index in [4.69, 9.17) is 9.15 Å². The molecule has 1 aromatic heterocycles. The Morgan fingerprint density at radius 1 is 1.29 bits per heavy atom. The molecule has 0 unspecified atom stereocenters. The van der Waals surface area contributed by atoms with Crippen LogP contribution in [0.5, 0.6) is 5.75 Å². The van der Waals surface area contributed by atoms with Crippen LogP contribution in [0.25, 0.3) is 11.0 Å². The standard InChI is InChI=1S/C14H14O3/c1-2-3-4-9-16-12-6-7-13-11(10-12)5-8-14(15)17-13/h2,5-8,10H,1,3-4,9H2. The summed E-state index contributed by atoms with van der Waals surface area (Å²) in [7, 11) is 0. The van der Waals surface area contributed by atoms with E-state index >= 15 is 0 Å². The van der Waals surface area contributed by atoms with Crippen LogP contribution < -0.4 is 10.4 Å². The highest BCUT2D eigenvalue weighted by atomic mass is 16.5. The largest absolute Gasteiger partial charge is 0.494 e. The summed E-state index contributed by atoms with van der Waals surface area (Å²) < 4.78 is 10.6. The van der Waals surface area contributed by atoms with Crippen LogP contribution in [0.2, 0.25) is 0 Å². The van der Waals surface area contributed by atoms with Gasteiger partial charge in [-0.2, -0.15) is 0 Å². The number of hydrogen-bond acceptors (Lipinski definition) is 3. The molecule has 17 heavy (non-hydrogen) atoms. The predicted octanol–water partition coefficient (Wildman–Crippen LogP) is 3.14. The van der Waals surface area contributed by atoms with E-state index in [1.54, 1.807) is 18.2 Å². The fraction of sp³-hybridized carbons (Fsp3) is 0.214. The van der Waals surface area contributed by atoms with E-state index in [2.05, 4.69) is 6.58 Å². The molecule has 0 radical (unpaired) electrons. The molecule has 2 rings (SSSR count). The van der Waals surface area contributed by atoms with Crippen molar-refractivity contribution in [1.29, 1.82) is 0 Å². The molecule has 0 spiro atoms. The maximum absolute atomic E-state index is 11.0. The van der Waals surface area contributed by atoms with Crippen molar-refractivity contribution in [3.05, 3.63) is 53.4 Å². The average Bonchev–Trinajstić information content (AvgIpc) is 2.35. The third-order valence-electron chi connectivity index (χ3n) is 2.41. The van der Waals surface area contributed by atoms with Gasteiger partial charge in [-0.15, -0.1) is 6.58 Å². The molecule has 0 fully saturated rings. The van der Waals surface area contributed by atoms with E-state index in [1.165, 1.54) is 6.07 Å². The highest BCUT2D eigenvalue weighted by Gasteiger charge is 1.99. The number of allylic oxidation sites excluding steroid dienone is 1. The zero-order valence-electron chi connectivity index (χ0n) is 9.52. The first-order valence-corrected chi connectivity index (χ1v) is 5.57. The minimum absolute atomic E-state index is 0.336. The highest BCUT2D eigenvalue weighted by Crippen LogP contribution is 2.19. The Balaban J connectivity index is 2.12. The molecule has 0 bridgehead atoms. The SMILES string of the molecule is C=CCCCOc1ccc2oc(=O)ccc2c1. The molecule has 0 saturated heterocycles. The molecule has 0 saturated carbocycles. The minimum atomic E-state index is -0.336. The van der Waals surface area contributed by atoms with Crippen molar-refractivity contribution in [1.82, 2.24) is 0 Å². The van der Waals surface area contributed by atoms with Crippen molar-refractivity contribution in [2.24, 2.45) is 0 Å². The van der Waals surface area contributed by atoms with Crippen LogP contribution >= 0.6 is 0 Å². The van der Waals surface area contributed by atoms with Gasteiger partial charge in [0.15, 0.2) is 0 Å². The van der Waals surface area contributed by atoms with Gasteiger partial charge in [-0.3, -0.25) is 0 Å². The Kier molecular flexibility index (Phi) is 3.60. The van der Waals surface area contributed by atoms with E-state index in [0.29, 0.717) is 12.2 Å². The normalized spacial score (nSPS) is 10.4. The molecule has 0 atom stereocenters. The Hall–Kier alpha value is -2.03. The van der Waals surface area contributed by atoms with Crippen LogP contribution in [0.3, 0.4) is 0 Å². The lowest BCUT2D eigenvalue weighted by Gasteiger charge is -2.05. The van der Waals surface area contributed by atoms with E-state index in [1.807, 2.05) is 12.1 Å². The summed E-state index contributed by atoms with van der Waals surface area (Å²) in [4.78, 5) is 11.0. The Morgan fingerprint density at radius 2 is 2.18 bits per heavy atom. The topological polar surface area (TPSA) is 39.4 Å². The van der Waals surface area contributed by atoms with Gasteiger partial charge in [-0.1, -0.05) is 6.08 Å². The highest BCUT2D eigenvalue weighted by molar-refractivity contribution is 5.77. The monoisotopic (exact) mass is 230 g/mol. The number of unbranched alkanes of at least 4 members (excludes halogenated alkanes) is 1. The smallest absolute Gasteiger partial charge is 0.336 e. The van der Waals surface area contributed by atoms with Gasteiger partial charge in [0.2, 0.25) is 0 Å². The van der Waals surface area contributed by atoms with Crippen molar-refractivity contribution < 1.29 is 9.15 Å². The molecule has 0 aliphatic heterocycles. The van der Waals surface area contributed by atoms with Gasteiger partial charge in [0.05, 0.1) is 6.61 Å². The van der Waals surface area contributed by atoms with Crippen molar-refractivity contribution in [2.75, 3.05) is 6.61 Å². The molecular formula is C14H14O3. The summed E-state index contributed by atoms with van der Waals surface area (Å²) in [6, 6.07) is 8.56. The summed E-state index contributed by atoms with van der Waals surface area (Å²) in [5.41, 5.74) is 0.244. The van der Waals surface area contributed by atoms with Gasteiger partial charge in [-0.05, 0) is 37.1 Å². The molecule has 1 heterocycles. The van der Waals surface area contributed by atoms with Gasteiger partial charge in [-0.25, -0.2) is 4.79 Å². The number of ether oxygens (including phenoxy) is 1. The molecule has 3 nitrogen and oxygen atoms in total. The van der Waals surface area contributed by atoms with E-state index in [-0.39, 0.29) is 5.63 Å². The van der Waals surface area contributed by atoms with Crippen LogP contribution in [-0.4, -0.2) is 6.61 Å². The van der Waals surface area contributed by atoms with Crippen LogP contribution in [0.15, 0.2) is 52.2 Å². The summed E-state index contributed by atoms with van der Waals surface area (Å²) >= 11 is 0. The van der Waals surface area contributed by atoms with Crippen LogP contribution in [0.4, 0.5) is 0 Å². The molecular weight excluding hydrogens is 216 g/mol. The molecule has 0 aliphatic rings. The van der Waals surface area contributed by atoms with Gasteiger partial charge >= 0.3 is 5.63 Å². The van der Waals surface area contributed by atoms with Crippen molar-refractivity contribution in [2.45, 2.75) is 12.8 Å². The lowest BCUT2D eigenvalue weighted by molar-refractivity contribution is 0.312. The second kappa shape index (κ2) is 5.34. The quantitative estimate of drug-likeness (QED) is 0.450. The molecule has 1 aromatic carbocycles. The molecule has 0 N–H and O–H groups in total. The van der Waals surface area contributed by atoms with Crippen molar-refractivity contribution in [3.63, 3.8) is 0 Å². The van der Waals surface area contributed by atoms with Gasteiger partial charge in [0.1, 0.15) is 11.3 Å². The second-order valence-electron chi connectivity index (χ2n) is 3.73. The predicted molar refractivity (Wildman–Crippen MR) is 67.4 cm³/mol. The maximum atomic E-state index is 11.0. The van der Waals surface area contributed by atoms with Crippen molar-refractivity contribution in [3.8, 4) is 5.75 Å². The Bertz CT molecular complexity index is 569. The summed E-state index contributed by atoms with van der Waals surface area (Å²) in [5, 5.41) is 0.867. The first-order valence-electron chi connectivity index (χ1n) is 5.57. The minimum Gasteiger partial charge on any atom is -0.494 e.